The first-order chi connectivity index (χ1) is 9.01. The molecule has 2 rings (SSSR count). The summed E-state index contributed by atoms with van der Waals surface area (Å²) in [7, 11) is 0. The molecule has 1 aliphatic rings. The highest BCUT2D eigenvalue weighted by atomic mass is 19.1. The van der Waals surface area contributed by atoms with Gasteiger partial charge >= 0.3 is 0 Å². The van der Waals surface area contributed by atoms with Crippen LogP contribution < -0.4 is 5.32 Å². The van der Waals surface area contributed by atoms with E-state index in [1.807, 2.05) is 19.9 Å². The zero-order chi connectivity index (χ0) is 14.0. The van der Waals surface area contributed by atoms with E-state index in [1.54, 1.807) is 12.1 Å². The first kappa shape index (κ1) is 13.8. The Morgan fingerprint density at radius 2 is 2.26 bits per heavy atom. The maximum Gasteiger partial charge on any atom is 0.244 e. The standard InChI is InChI=1S/C16H20FNO/c1-4-11-7-12(8-16(19)18-10(2)3)15-9-13(17)5-6-14(11)15/h5-6,8-11H,4,7H2,1-3H3,(H,18,19). The Hall–Kier alpha value is -1.64. The van der Waals surface area contributed by atoms with E-state index in [4.69, 9.17) is 0 Å². The number of amides is 1. The fourth-order valence-electron chi connectivity index (χ4n) is 2.63. The van der Waals surface area contributed by atoms with Gasteiger partial charge in [0, 0.05) is 12.1 Å². The topological polar surface area (TPSA) is 29.1 Å². The molecule has 0 radical (unpaired) electrons. The molecule has 1 atom stereocenters. The van der Waals surface area contributed by atoms with E-state index in [-0.39, 0.29) is 17.8 Å². The second-order valence-corrected chi connectivity index (χ2v) is 5.37. The number of carbonyl (C=O) groups excluding carboxylic acids is 1. The van der Waals surface area contributed by atoms with Crippen LogP contribution in [-0.2, 0) is 4.79 Å². The summed E-state index contributed by atoms with van der Waals surface area (Å²) in [5.74, 6) is 0.0522. The highest BCUT2D eigenvalue weighted by Gasteiger charge is 2.26. The van der Waals surface area contributed by atoms with Crippen LogP contribution in [0, 0.1) is 5.82 Å². The van der Waals surface area contributed by atoms with E-state index in [1.165, 1.54) is 6.07 Å². The number of nitrogens with one attached hydrogen (secondary N) is 1. The van der Waals surface area contributed by atoms with Crippen LogP contribution in [0.3, 0.4) is 0 Å². The van der Waals surface area contributed by atoms with Crippen LogP contribution in [0.15, 0.2) is 24.3 Å². The van der Waals surface area contributed by atoms with Gasteiger partial charge in [0.25, 0.3) is 0 Å². The normalized spacial score (nSPS) is 19.8. The minimum atomic E-state index is -0.245. The summed E-state index contributed by atoms with van der Waals surface area (Å²) in [6.45, 7) is 5.97. The van der Waals surface area contributed by atoms with Crippen molar-refractivity contribution in [1.82, 2.24) is 5.32 Å². The van der Waals surface area contributed by atoms with Gasteiger partial charge in [-0.05, 0) is 61.4 Å². The van der Waals surface area contributed by atoms with Crippen molar-refractivity contribution >= 4 is 11.5 Å². The molecule has 0 spiro atoms. The van der Waals surface area contributed by atoms with Crippen molar-refractivity contribution in [3.63, 3.8) is 0 Å². The molecule has 1 aromatic carbocycles. The minimum Gasteiger partial charge on any atom is -0.350 e. The van der Waals surface area contributed by atoms with E-state index < -0.39 is 0 Å². The molecule has 0 aromatic heterocycles. The fourth-order valence-corrected chi connectivity index (χ4v) is 2.63. The van der Waals surface area contributed by atoms with Gasteiger partial charge in [0.15, 0.2) is 0 Å². The van der Waals surface area contributed by atoms with Crippen molar-refractivity contribution in [2.45, 2.75) is 45.6 Å². The second kappa shape index (κ2) is 5.55. The molecule has 3 heteroatoms. The first-order valence-electron chi connectivity index (χ1n) is 6.82. The summed E-state index contributed by atoms with van der Waals surface area (Å²) in [6, 6.07) is 5.00. The van der Waals surface area contributed by atoms with E-state index in [9.17, 15) is 9.18 Å². The van der Waals surface area contributed by atoms with Crippen LogP contribution in [0.2, 0.25) is 0 Å². The van der Waals surface area contributed by atoms with Gasteiger partial charge in [-0.25, -0.2) is 4.39 Å². The molecule has 0 fully saturated rings. The van der Waals surface area contributed by atoms with Crippen LogP contribution in [0.4, 0.5) is 4.39 Å². The van der Waals surface area contributed by atoms with Crippen LogP contribution in [0.25, 0.3) is 5.57 Å². The smallest absolute Gasteiger partial charge is 0.244 e. The van der Waals surface area contributed by atoms with Gasteiger partial charge in [-0.2, -0.15) is 0 Å². The number of halogens is 1. The fraction of sp³-hybridized carbons (Fsp3) is 0.438. The molecular weight excluding hydrogens is 241 g/mol. The Balaban J connectivity index is 2.32. The lowest BCUT2D eigenvalue weighted by Gasteiger charge is -2.06. The lowest BCUT2D eigenvalue weighted by Crippen LogP contribution is -2.28. The lowest BCUT2D eigenvalue weighted by atomic mass is 9.99. The van der Waals surface area contributed by atoms with Gasteiger partial charge < -0.3 is 5.32 Å². The van der Waals surface area contributed by atoms with Gasteiger partial charge in [0.2, 0.25) is 5.91 Å². The Kier molecular flexibility index (Phi) is 4.03. The van der Waals surface area contributed by atoms with Crippen molar-refractivity contribution in [2.75, 3.05) is 0 Å². The highest BCUT2D eigenvalue weighted by Crippen LogP contribution is 2.42. The summed E-state index contributed by atoms with van der Waals surface area (Å²) < 4.78 is 13.4. The highest BCUT2D eigenvalue weighted by molar-refractivity contribution is 5.96. The van der Waals surface area contributed by atoms with Crippen LogP contribution in [0.5, 0.6) is 0 Å². The number of rotatable bonds is 3. The predicted molar refractivity (Wildman–Crippen MR) is 75.3 cm³/mol. The number of allylic oxidation sites excluding steroid dienone is 1. The second-order valence-electron chi connectivity index (χ2n) is 5.37. The average molecular weight is 261 g/mol. The zero-order valence-electron chi connectivity index (χ0n) is 11.7. The van der Waals surface area contributed by atoms with E-state index in [0.717, 1.165) is 29.5 Å². The molecular formula is C16H20FNO. The number of fused-ring (bicyclic) bond motifs is 1. The summed E-state index contributed by atoms with van der Waals surface area (Å²) in [5, 5.41) is 2.84. The van der Waals surface area contributed by atoms with Crippen molar-refractivity contribution < 1.29 is 9.18 Å². The Morgan fingerprint density at radius 1 is 1.53 bits per heavy atom. The number of benzene rings is 1. The number of carbonyl (C=O) groups is 1. The summed E-state index contributed by atoms with van der Waals surface area (Å²) in [4.78, 5) is 11.8. The van der Waals surface area contributed by atoms with Gasteiger partial charge in [-0.1, -0.05) is 13.0 Å². The van der Waals surface area contributed by atoms with E-state index in [0.29, 0.717) is 5.92 Å². The molecule has 1 aromatic rings. The maximum atomic E-state index is 13.4. The minimum absolute atomic E-state index is 0.100. The van der Waals surface area contributed by atoms with Crippen molar-refractivity contribution in [2.24, 2.45) is 0 Å². The molecule has 2 nitrogen and oxygen atoms in total. The summed E-state index contributed by atoms with van der Waals surface area (Å²) in [6.07, 6.45) is 3.44. The number of hydrogen-bond donors (Lipinski definition) is 1. The van der Waals surface area contributed by atoms with Crippen molar-refractivity contribution in [1.29, 1.82) is 0 Å². The van der Waals surface area contributed by atoms with Crippen LogP contribution in [-0.4, -0.2) is 11.9 Å². The molecule has 1 aliphatic carbocycles. The van der Waals surface area contributed by atoms with Gasteiger partial charge in [0.1, 0.15) is 5.82 Å². The quantitative estimate of drug-likeness (QED) is 0.827. The Labute approximate surface area is 113 Å². The SMILES string of the molecule is CCC1CC(=CC(=O)NC(C)C)c2cc(F)ccc21. The maximum absolute atomic E-state index is 13.4. The third-order valence-corrected chi connectivity index (χ3v) is 3.50. The molecule has 0 heterocycles. The van der Waals surface area contributed by atoms with Crippen LogP contribution >= 0.6 is 0 Å². The summed E-state index contributed by atoms with van der Waals surface area (Å²) >= 11 is 0. The number of hydrogen-bond acceptors (Lipinski definition) is 1. The van der Waals surface area contributed by atoms with Crippen molar-refractivity contribution in [3.8, 4) is 0 Å². The molecule has 1 amide bonds. The zero-order valence-corrected chi connectivity index (χ0v) is 11.7. The van der Waals surface area contributed by atoms with Crippen molar-refractivity contribution in [3.05, 3.63) is 41.2 Å². The Bertz CT molecular complexity index is 519. The third-order valence-electron chi connectivity index (χ3n) is 3.50. The van der Waals surface area contributed by atoms with E-state index >= 15 is 0 Å². The first-order valence-corrected chi connectivity index (χ1v) is 6.82. The molecule has 1 N–H and O–H groups in total. The molecule has 0 bridgehead atoms. The van der Waals surface area contributed by atoms with Gasteiger partial charge in [0.05, 0.1) is 0 Å². The molecule has 19 heavy (non-hydrogen) atoms. The van der Waals surface area contributed by atoms with Crippen LogP contribution in [0.1, 0.15) is 50.7 Å². The molecule has 1 unspecified atom stereocenters. The molecule has 0 aliphatic heterocycles. The van der Waals surface area contributed by atoms with E-state index in [2.05, 4.69) is 12.2 Å². The largest absolute Gasteiger partial charge is 0.350 e. The lowest BCUT2D eigenvalue weighted by molar-refractivity contribution is -0.116. The average Bonchev–Trinajstić information content (AvgIpc) is 2.65. The monoisotopic (exact) mass is 261 g/mol. The molecule has 102 valence electrons. The predicted octanol–water partition coefficient (Wildman–Crippen LogP) is 3.63. The van der Waals surface area contributed by atoms with Gasteiger partial charge in [-0.15, -0.1) is 0 Å². The van der Waals surface area contributed by atoms with Gasteiger partial charge in [-0.3, -0.25) is 4.79 Å². The Morgan fingerprint density at radius 3 is 2.89 bits per heavy atom. The molecule has 0 saturated heterocycles. The third kappa shape index (κ3) is 3.03. The summed E-state index contributed by atoms with van der Waals surface area (Å²) in [5.41, 5.74) is 3.00. The molecule has 0 saturated carbocycles.